The summed E-state index contributed by atoms with van der Waals surface area (Å²) in [5, 5.41) is 2.23. The topological polar surface area (TPSA) is 84.9 Å². The van der Waals surface area contributed by atoms with Gasteiger partial charge in [0.05, 0.1) is 12.3 Å². The summed E-state index contributed by atoms with van der Waals surface area (Å²) in [5.41, 5.74) is 2.87. The van der Waals surface area contributed by atoms with Crippen LogP contribution in [0.25, 0.3) is 6.08 Å². The summed E-state index contributed by atoms with van der Waals surface area (Å²) in [6.45, 7) is 2.57. The molecule has 0 aromatic heterocycles. The fraction of sp³-hybridized carbons (Fsp3) is 0.121. The lowest BCUT2D eigenvalue weighted by Gasteiger charge is -2.26. The fourth-order valence-electron chi connectivity index (χ4n) is 4.43. The molecule has 0 radical (unpaired) electrons. The molecule has 1 fully saturated rings. The van der Waals surface area contributed by atoms with Gasteiger partial charge in [0.2, 0.25) is 0 Å². The molecule has 41 heavy (non-hydrogen) atoms. The number of carbonyl (C=O) groups excluding carboxylic acids is 3. The van der Waals surface area contributed by atoms with Gasteiger partial charge in [0.1, 0.15) is 29.5 Å². The van der Waals surface area contributed by atoms with Crippen molar-refractivity contribution in [2.45, 2.75) is 20.0 Å². The van der Waals surface area contributed by atoms with Gasteiger partial charge in [0.25, 0.3) is 11.8 Å². The zero-order chi connectivity index (χ0) is 28.8. The number of carbonyl (C=O) groups is 3. The van der Waals surface area contributed by atoms with Crippen LogP contribution >= 0.6 is 0 Å². The smallest absolute Gasteiger partial charge is 0.335 e. The molecule has 5 rings (SSSR count). The number of ether oxygens (including phenoxy) is 2. The Bertz CT molecular complexity index is 1620. The third kappa shape index (κ3) is 6.33. The van der Waals surface area contributed by atoms with Gasteiger partial charge in [0, 0.05) is 6.42 Å². The number of barbiturate groups is 1. The van der Waals surface area contributed by atoms with Crippen LogP contribution in [0.15, 0.2) is 103 Å². The van der Waals surface area contributed by atoms with Crippen molar-refractivity contribution in [1.29, 1.82) is 0 Å². The van der Waals surface area contributed by atoms with Crippen LogP contribution in [-0.4, -0.2) is 24.5 Å². The van der Waals surface area contributed by atoms with E-state index in [1.54, 1.807) is 60.7 Å². The van der Waals surface area contributed by atoms with Crippen LogP contribution in [0.3, 0.4) is 0 Å². The number of benzene rings is 4. The lowest BCUT2D eigenvalue weighted by atomic mass is 10.00. The minimum Gasteiger partial charge on any atom is -0.494 e. The molecule has 4 aromatic rings. The molecule has 4 amide bonds. The van der Waals surface area contributed by atoms with E-state index in [-0.39, 0.29) is 17.1 Å². The van der Waals surface area contributed by atoms with E-state index < -0.39 is 17.8 Å². The normalized spacial score (nSPS) is 14.2. The van der Waals surface area contributed by atoms with Gasteiger partial charge in [-0.25, -0.2) is 14.1 Å². The number of amides is 4. The minimum atomic E-state index is -0.842. The maximum absolute atomic E-state index is 14.2. The molecule has 0 spiro atoms. The highest BCUT2D eigenvalue weighted by Gasteiger charge is 2.36. The molecule has 7 nitrogen and oxygen atoms in total. The standard InChI is InChI=1S/C33H27FN2O5/c1-2-40-30-19-23(12-13-25(30)20-24-10-6-7-11-29(24)34)18-28-31(37)35-33(39)36(32(28)38)26-14-16-27(17-15-26)41-21-22-8-4-3-5-9-22/h3-19H,2,20-21H2,1H3,(H,35,37,39)/b28-18+. The van der Waals surface area contributed by atoms with Gasteiger partial charge >= 0.3 is 6.03 Å². The Kier molecular flexibility index (Phi) is 8.20. The van der Waals surface area contributed by atoms with E-state index in [1.807, 2.05) is 37.3 Å². The van der Waals surface area contributed by atoms with E-state index in [0.717, 1.165) is 16.0 Å². The molecule has 8 heteroatoms. The molecule has 0 unspecified atom stereocenters. The molecular weight excluding hydrogens is 523 g/mol. The average Bonchev–Trinajstić information content (AvgIpc) is 2.98. The number of hydrogen-bond acceptors (Lipinski definition) is 5. The molecule has 0 atom stereocenters. The first-order chi connectivity index (χ1) is 19.9. The van der Waals surface area contributed by atoms with Crippen LogP contribution < -0.4 is 19.7 Å². The number of hydrogen-bond donors (Lipinski definition) is 1. The number of urea groups is 1. The molecule has 4 aromatic carbocycles. The van der Waals surface area contributed by atoms with Gasteiger partial charge in [0.15, 0.2) is 0 Å². The highest BCUT2D eigenvalue weighted by Crippen LogP contribution is 2.28. The second kappa shape index (κ2) is 12.3. The lowest BCUT2D eigenvalue weighted by molar-refractivity contribution is -0.122. The predicted molar refractivity (Wildman–Crippen MR) is 153 cm³/mol. The van der Waals surface area contributed by atoms with Crippen molar-refractivity contribution in [3.05, 3.63) is 131 Å². The number of nitrogens with zero attached hydrogens (tertiary/aromatic N) is 1. The second-order valence-electron chi connectivity index (χ2n) is 9.29. The largest absolute Gasteiger partial charge is 0.494 e. The quantitative estimate of drug-likeness (QED) is 0.202. The first-order valence-corrected chi connectivity index (χ1v) is 13.1. The highest BCUT2D eigenvalue weighted by molar-refractivity contribution is 6.39. The van der Waals surface area contributed by atoms with Gasteiger partial charge in [-0.15, -0.1) is 0 Å². The Morgan fingerprint density at radius 3 is 2.29 bits per heavy atom. The third-order valence-corrected chi connectivity index (χ3v) is 6.49. The summed E-state index contributed by atoms with van der Waals surface area (Å²) in [6.07, 6.45) is 1.72. The van der Waals surface area contributed by atoms with E-state index in [9.17, 15) is 18.8 Å². The van der Waals surface area contributed by atoms with Crippen molar-refractivity contribution in [3.63, 3.8) is 0 Å². The van der Waals surface area contributed by atoms with Crippen molar-refractivity contribution >= 4 is 29.6 Å². The number of nitrogens with one attached hydrogen (secondary N) is 1. The summed E-state index contributed by atoms with van der Waals surface area (Å²) in [5.74, 6) is -0.801. The van der Waals surface area contributed by atoms with E-state index in [2.05, 4.69) is 5.32 Å². The molecule has 1 aliphatic rings. The van der Waals surface area contributed by atoms with Gasteiger partial charge in [-0.05, 0) is 71.7 Å². The molecule has 1 aliphatic heterocycles. The van der Waals surface area contributed by atoms with E-state index in [1.165, 1.54) is 12.1 Å². The Hall–Kier alpha value is -5.24. The first kappa shape index (κ1) is 27.3. The van der Waals surface area contributed by atoms with Crippen LogP contribution in [0.1, 0.15) is 29.2 Å². The molecule has 0 bridgehead atoms. The summed E-state index contributed by atoms with van der Waals surface area (Å²) in [6, 6.07) is 27.0. The summed E-state index contributed by atoms with van der Waals surface area (Å²) < 4.78 is 25.8. The Balaban J connectivity index is 1.37. The van der Waals surface area contributed by atoms with Crippen LogP contribution in [0.2, 0.25) is 0 Å². The van der Waals surface area contributed by atoms with Gasteiger partial charge in [-0.3, -0.25) is 14.9 Å². The number of anilines is 1. The monoisotopic (exact) mass is 550 g/mol. The molecule has 206 valence electrons. The Morgan fingerprint density at radius 2 is 1.56 bits per heavy atom. The Labute approximate surface area is 236 Å². The maximum Gasteiger partial charge on any atom is 0.335 e. The maximum atomic E-state index is 14.2. The van der Waals surface area contributed by atoms with Crippen molar-refractivity contribution in [3.8, 4) is 11.5 Å². The summed E-state index contributed by atoms with van der Waals surface area (Å²) in [7, 11) is 0. The molecular formula is C33H27FN2O5. The number of rotatable bonds is 9. The van der Waals surface area contributed by atoms with Crippen LogP contribution in [0.5, 0.6) is 11.5 Å². The van der Waals surface area contributed by atoms with Gasteiger partial charge < -0.3 is 9.47 Å². The molecule has 0 saturated carbocycles. The predicted octanol–water partition coefficient (Wildman–Crippen LogP) is 6.06. The van der Waals surface area contributed by atoms with Crippen molar-refractivity contribution < 1.29 is 28.2 Å². The molecule has 1 saturated heterocycles. The number of halogens is 1. The zero-order valence-electron chi connectivity index (χ0n) is 22.3. The highest BCUT2D eigenvalue weighted by atomic mass is 19.1. The zero-order valence-corrected chi connectivity index (χ0v) is 22.3. The van der Waals surface area contributed by atoms with Crippen molar-refractivity contribution in [2.24, 2.45) is 0 Å². The SMILES string of the molecule is CCOc1cc(/C=C2\C(=O)NC(=O)N(c3ccc(OCc4ccccc4)cc3)C2=O)ccc1Cc1ccccc1F. The number of imide groups is 2. The fourth-order valence-corrected chi connectivity index (χ4v) is 4.43. The van der Waals surface area contributed by atoms with Gasteiger partial charge in [-0.1, -0.05) is 60.7 Å². The van der Waals surface area contributed by atoms with E-state index in [4.69, 9.17) is 9.47 Å². The first-order valence-electron chi connectivity index (χ1n) is 13.1. The average molecular weight is 551 g/mol. The van der Waals surface area contributed by atoms with E-state index >= 15 is 0 Å². The van der Waals surface area contributed by atoms with Crippen LogP contribution in [0, 0.1) is 5.82 Å². The second-order valence-corrected chi connectivity index (χ2v) is 9.29. The lowest BCUT2D eigenvalue weighted by Crippen LogP contribution is -2.54. The molecule has 1 heterocycles. The molecule has 1 N–H and O–H groups in total. The van der Waals surface area contributed by atoms with Crippen LogP contribution in [0.4, 0.5) is 14.9 Å². The van der Waals surface area contributed by atoms with E-state index in [0.29, 0.717) is 42.3 Å². The molecule has 0 aliphatic carbocycles. The van der Waals surface area contributed by atoms with Gasteiger partial charge in [-0.2, -0.15) is 0 Å². The van der Waals surface area contributed by atoms with Crippen molar-refractivity contribution in [1.82, 2.24) is 5.32 Å². The Morgan fingerprint density at radius 1 is 0.829 bits per heavy atom. The minimum absolute atomic E-state index is 0.210. The summed E-state index contributed by atoms with van der Waals surface area (Å²) >= 11 is 0. The third-order valence-electron chi connectivity index (χ3n) is 6.49. The summed E-state index contributed by atoms with van der Waals surface area (Å²) in [4.78, 5) is 39.6. The van der Waals surface area contributed by atoms with Crippen molar-refractivity contribution in [2.75, 3.05) is 11.5 Å². The van der Waals surface area contributed by atoms with Crippen LogP contribution in [-0.2, 0) is 22.6 Å².